The van der Waals surface area contributed by atoms with Crippen LogP contribution in [0.1, 0.15) is 679 Å². The van der Waals surface area contributed by atoms with Crippen LogP contribution in [0, 0.1) is 13.8 Å². The van der Waals surface area contributed by atoms with E-state index in [0.29, 0.717) is 0 Å². The van der Waals surface area contributed by atoms with Gasteiger partial charge in [-0.3, -0.25) is 0 Å². The molecule has 0 spiro atoms. The fourth-order valence-corrected chi connectivity index (χ4v) is 20.1. The first-order valence-corrected chi connectivity index (χ1v) is 58.1. The zero-order chi connectivity index (χ0) is 89.8. The molecule has 0 fully saturated rings. The van der Waals surface area contributed by atoms with Crippen molar-refractivity contribution in [2.75, 3.05) is 0 Å². The van der Waals surface area contributed by atoms with Crippen LogP contribution < -0.4 is 0 Å². The Morgan fingerprint density at radius 1 is 0.184 bits per heavy atom. The number of unbranched alkanes of at least 4 members (excludes halogenated alkanes) is 77. The van der Waals surface area contributed by atoms with Gasteiger partial charge in [0, 0.05) is 22.3 Å². The van der Waals surface area contributed by atoms with Gasteiger partial charge in [-0.05, 0) is 154 Å². The summed E-state index contributed by atoms with van der Waals surface area (Å²) in [5.41, 5.74) is 30.6. The molecule has 0 N–H and O–H groups in total. The SMILES string of the molecule is CCCCCCCCCCCCCCCCCCCCC1=C(c2cc(CCCCCC)c(CCCCCC)c(CCCCCC)c2)[N+](=[N-])C(c2cc(CCCCCC)c(CCCCCC)c(CCCCCC)c2)=C1CC.[CH2-]CCCCCCCCCCCCCCCCCCCCCCC.[CH2-]CCCCCCCCCCCCCCCCCCCCCCC.[Ni+2]. The van der Waals surface area contributed by atoms with Gasteiger partial charge in [0.05, 0.1) is 0 Å². The Hall–Kier alpha value is -1.99. The Balaban J connectivity index is 0.00000254. The Bertz CT molecular complexity index is 2460. The van der Waals surface area contributed by atoms with Gasteiger partial charge in [-0.25, -0.2) is 4.70 Å². The van der Waals surface area contributed by atoms with E-state index >= 15 is 0 Å². The molecule has 2 aromatic carbocycles. The minimum atomic E-state index is 0. The summed E-state index contributed by atoms with van der Waals surface area (Å²) >= 11 is 0. The van der Waals surface area contributed by atoms with Gasteiger partial charge in [0.15, 0.2) is 0 Å². The van der Waals surface area contributed by atoms with Crippen molar-refractivity contribution in [2.45, 2.75) is 673 Å². The number of benzene rings is 2. The van der Waals surface area contributed by atoms with Crippen LogP contribution in [-0.2, 0) is 55.0 Å². The molecule has 0 radical (unpaired) electrons. The predicted octanol–water partition coefficient (Wildman–Crippen LogP) is 44.3. The smallest absolute Gasteiger partial charge is 0.493 e. The standard InChI is InChI=1S/C74H128N2.2C24H49.Ni/c1-9-17-24-31-32-33-34-35-36-37-38-39-40-41-42-43-44-51-58-72-69(16-8)73(67-59-63(52-45-25-18-10-2)70(56-49-29-22-14-6)64(60-67)53-46-26-19-11-3)76(75)74(72)68-61-65(54-47-27-20-12-4)71(57-50-30-23-15-7)66(62-68)55-48-28-21-13-5;2*1-3-5-7-9-11-13-15-17-19-21-23-24-22-20-18-16-14-12-10-8-6-4-2;/h59-62H,9-58H2,1-8H3;2*1,3-24H2,2H3;/q;2*-1;+2. The van der Waals surface area contributed by atoms with Crippen molar-refractivity contribution in [3.05, 3.63) is 99.3 Å². The number of rotatable bonds is 94. The van der Waals surface area contributed by atoms with Gasteiger partial charge >= 0.3 is 16.5 Å². The molecular weight excluding hydrogens is 1550 g/mol. The fourth-order valence-electron chi connectivity index (χ4n) is 20.1. The van der Waals surface area contributed by atoms with Crippen molar-refractivity contribution in [1.29, 1.82) is 0 Å². The molecule has 1 aliphatic heterocycles. The van der Waals surface area contributed by atoms with Gasteiger partial charge in [-0.2, -0.15) is 12.8 Å². The average molecular weight is 1780 g/mol. The van der Waals surface area contributed by atoms with Gasteiger partial charge in [-0.15, -0.1) is 0 Å². The second-order valence-electron chi connectivity index (χ2n) is 40.3. The predicted molar refractivity (Wildman–Crippen MR) is 566 cm³/mol. The molecule has 0 aromatic heterocycles. The summed E-state index contributed by atoms with van der Waals surface area (Å²) in [5, 5.41) is 0. The number of nitrogens with zero attached hydrogens (tertiary/aromatic N) is 2. The summed E-state index contributed by atoms with van der Waals surface area (Å²) in [6.07, 6.45) is 129. The van der Waals surface area contributed by atoms with E-state index in [-0.39, 0.29) is 16.5 Å². The topological polar surface area (TPSA) is 25.3 Å². The van der Waals surface area contributed by atoms with Crippen LogP contribution in [0.3, 0.4) is 0 Å². The Kier molecular flexibility index (Phi) is 96.5. The summed E-state index contributed by atoms with van der Waals surface area (Å²) in [7, 11) is 0. The number of hydrogen-bond acceptors (Lipinski definition) is 0. The van der Waals surface area contributed by atoms with Gasteiger partial charge in [0.25, 0.3) is 0 Å². The summed E-state index contributed by atoms with van der Waals surface area (Å²) in [6, 6.07) is 10.4. The molecule has 1 aliphatic rings. The Morgan fingerprint density at radius 2 is 0.328 bits per heavy atom. The average Bonchev–Trinajstić information content (AvgIpc) is 1.60. The van der Waals surface area contributed by atoms with Gasteiger partial charge in [-0.1, -0.05) is 564 Å². The van der Waals surface area contributed by atoms with Crippen LogP contribution in [0.25, 0.3) is 16.9 Å². The van der Waals surface area contributed by atoms with Crippen LogP contribution >= 0.6 is 0 Å². The summed E-state index contributed by atoms with van der Waals surface area (Å²) < 4.78 is 1.78. The molecular formula is C122H226N2Ni. The van der Waals surface area contributed by atoms with Gasteiger partial charge in [0.1, 0.15) is 0 Å². The van der Waals surface area contributed by atoms with Gasteiger partial charge < -0.3 is 19.4 Å². The van der Waals surface area contributed by atoms with Crippen molar-refractivity contribution in [3.8, 4) is 0 Å². The Labute approximate surface area is 799 Å². The Morgan fingerprint density at radius 3 is 0.504 bits per heavy atom. The van der Waals surface area contributed by atoms with Crippen molar-refractivity contribution in [1.82, 2.24) is 0 Å². The molecule has 2 aromatic rings. The van der Waals surface area contributed by atoms with E-state index < -0.39 is 0 Å². The first-order chi connectivity index (χ1) is 61.3. The molecule has 0 amide bonds. The molecule has 734 valence electrons. The normalized spacial score (nSPS) is 12.2. The maximum Gasteiger partial charge on any atom is 2.00 e. The van der Waals surface area contributed by atoms with E-state index in [1.54, 1.807) is 38.1 Å². The maximum atomic E-state index is 13.3. The molecule has 0 bridgehead atoms. The molecule has 3 rings (SSSR count). The van der Waals surface area contributed by atoms with Crippen molar-refractivity contribution in [2.24, 2.45) is 0 Å². The van der Waals surface area contributed by atoms with E-state index in [9.17, 15) is 5.53 Å². The van der Waals surface area contributed by atoms with Crippen molar-refractivity contribution >= 4 is 11.4 Å². The van der Waals surface area contributed by atoms with Crippen molar-refractivity contribution in [3.63, 3.8) is 0 Å². The third-order valence-electron chi connectivity index (χ3n) is 28.4. The largest absolute Gasteiger partial charge is 2.00 e. The first-order valence-electron chi connectivity index (χ1n) is 58.1. The minimum absolute atomic E-state index is 0. The number of allylic oxidation sites excluding steroid dienone is 2. The molecule has 0 unspecified atom stereocenters. The van der Waals surface area contributed by atoms with Crippen LogP contribution in [0.2, 0.25) is 0 Å². The van der Waals surface area contributed by atoms with Crippen LogP contribution in [-0.4, -0.2) is 4.70 Å². The van der Waals surface area contributed by atoms with E-state index in [2.05, 4.69) is 107 Å². The van der Waals surface area contributed by atoms with E-state index in [0.717, 1.165) is 62.8 Å². The maximum absolute atomic E-state index is 13.3. The molecule has 2 nitrogen and oxygen atoms in total. The van der Waals surface area contributed by atoms with Crippen molar-refractivity contribution < 1.29 is 21.2 Å². The minimum Gasteiger partial charge on any atom is -0.493 e. The molecule has 0 aliphatic carbocycles. The van der Waals surface area contributed by atoms with Crippen LogP contribution in [0.5, 0.6) is 0 Å². The second-order valence-corrected chi connectivity index (χ2v) is 40.3. The molecule has 0 saturated carbocycles. The quantitative estimate of drug-likeness (QED) is 0.0273. The van der Waals surface area contributed by atoms with E-state index in [1.807, 2.05) is 0 Å². The van der Waals surface area contributed by atoms with Crippen LogP contribution in [0.15, 0.2) is 35.4 Å². The summed E-state index contributed by atoms with van der Waals surface area (Å²) in [4.78, 5) is 0. The first kappa shape index (κ1) is 123. The fraction of sp³-hybridized carbons (Fsp3) is 0.852. The monoisotopic (exact) mass is 1780 g/mol. The van der Waals surface area contributed by atoms with Gasteiger partial charge in [0.2, 0.25) is 11.4 Å². The molecule has 1 heterocycles. The molecule has 0 saturated heterocycles. The van der Waals surface area contributed by atoms with Crippen LogP contribution in [0.4, 0.5) is 0 Å². The number of hydrogen-bond donors (Lipinski definition) is 0. The third-order valence-corrected chi connectivity index (χ3v) is 28.4. The number of aryl methyl sites for hydroxylation is 4. The third kappa shape index (κ3) is 70.4. The zero-order valence-electron chi connectivity index (χ0n) is 87.4. The zero-order valence-corrected chi connectivity index (χ0v) is 88.4. The second kappa shape index (κ2) is 98.0. The molecule has 0 atom stereocenters. The van der Waals surface area contributed by atoms with E-state index in [4.69, 9.17) is 0 Å². The molecule has 3 heteroatoms. The molecule has 125 heavy (non-hydrogen) atoms. The summed E-state index contributed by atoms with van der Waals surface area (Å²) in [6.45, 7) is 31.2. The van der Waals surface area contributed by atoms with E-state index in [1.165, 1.54) is 574 Å². The summed E-state index contributed by atoms with van der Waals surface area (Å²) in [5.74, 6) is 0.